The second-order valence-electron chi connectivity index (χ2n) is 5.62. The molecule has 3 rings (SSSR count). The lowest BCUT2D eigenvalue weighted by molar-refractivity contribution is -0.141. The predicted molar refractivity (Wildman–Crippen MR) is 92.2 cm³/mol. The van der Waals surface area contributed by atoms with Crippen LogP contribution in [-0.4, -0.2) is 38.5 Å². The van der Waals surface area contributed by atoms with Gasteiger partial charge in [-0.3, -0.25) is 4.79 Å². The van der Waals surface area contributed by atoms with E-state index >= 15 is 0 Å². The number of aromatic amines is 1. The smallest absolute Gasteiger partial charge is 0.417 e. The summed E-state index contributed by atoms with van der Waals surface area (Å²) in [5, 5.41) is 11.5. The molecule has 3 aromatic rings. The molecule has 11 heteroatoms. The second kappa shape index (κ2) is 7.17. The van der Waals surface area contributed by atoms with Crippen molar-refractivity contribution in [2.75, 3.05) is 12.0 Å². The van der Waals surface area contributed by atoms with Gasteiger partial charge in [-0.1, -0.05) is 6.07 Å². The molecule has 0 saturated carbocycles. The molecule has 0 fully saturated rings. The minimum Gasteiger partial charge on any atom is -0.466 e. The zero-order valence-corrected chi connectivity index (χ0v) is 14.4. The van der Waals surface area contributed by atoms with Crippen LogP contribution in [0.4, 0.5) is 19.1 Å². The number of aromatic nitrogens is 4. The maximum absolute atomic E-state index is 13.2. The summed E-state index contributed by atoms with van der Waals surface area (Å²) in [6.45, 7) is 3.57. The fourth-order valence-electron chi connectivity index (χ4n) is 2.51. The van der Waals surface area contributed by atoms with Crippen LogP contribution in [0.25, 0.3) is 22.1 Å². The molecular weight excluding hydrogens is 365 g/mol. The van der Waals surface area contributed by atoms with Crippen LogP contribution in [0.1, 0.15) is 25.8 Å². The van der Waals surface area contributed by atoms with Gasteiger partial charge in [0.1, 0.15) is 5.52 Å². The van der Waals surface area contributed by atoms with Gasteiger partial charge in [-0.05, 0) is 26.0 Å². The second-order valence-corrected chi connectivity index (χ2v) is 5.62. The van der Waals surface area contributed by atoms with E-state index in [9.17, 15) is 18.0 Å². The van der Waals surface area contributed by atoms with E-state index in [1.54, 1.807) is 13.8 Å². The monoisotopic (exact) mass is 380 g/mol. The Morgan fingerprint density at radius 1 is 1.33 bits per heavy atom. The zero-order chi connectivity index (χ0) is 19.6. The molecule has 0 saturated heterocycles. The third kappa shape index (κ3) is 3.96. The molecule has 0 spiro atoms. The number of esters is 1. The highest BCUT2D eigenvalue weighted by Gasteiger charge is 2.34. The maximum atomic E-state index is 13.2. The molecule has 0 atom stereocenters. The van der Waals surface area contributed by atoms with Crippen LogP contribution >= 0.6 is 0 Å². The fourth-order valence-corrected chi connectivity index (χ4v) is 2.51. The van der Waals surface area contributed by atoms with Crippen molar-refractivity contribution in [3.8, 4) is 0 Å². The lowest BCUT2D eigenvalue weighted by atomic mass is 10.1. The topological polar surface area (TPSA) is 105 Å². The normalized spacial score (nSPS) is 12.6. The molecule has 27 heavy (non-hydrogen) atoms. The Hall–Kier alpha value is -3.24. The quantitative estimate of drug-likeness (QED) is 0.400. The van der Waals surface area contributed by atoms with Crippen LogP contribution in [-0.2, 0) is 15.7 Å². The van der Waals surface area contributed by atoms with Crippen molar-refractivity contribution in [2.24, 2.45) is 5.10 Å². The number of halogens is 3. The number of nitrogens with zero attached hydrogens (tertiary/aromatic N) is 4. The molecule has 0 radical (unpaired) electrons. The SMILES string of the molecule is CCOC(=O)C/C(C)=N\Nc1nnc2c(n1)[nH]c1cccc(C(F)(F)F)c12. The summed E-state index contributed by atoms with van der Waals surface area (Å²) >= 11 is 0. The van der Waals surface area contributed by atoms with Crippen LogP contribution in [0, 0.1) is 0 Å². The van der Waals surface area contributed by atoms with E-state index in [1.165, 1.54) is 12.1 Å². The standard InChI is InChI=1S/C16H15F3N6O2/c1-3-27-11(26)7-8(2)22-24-15-21-14-13(23-25-15)12-9(16(17,18)19)5-4-6-10(12)20-14/h4-6H,3,7H2,1-2H3,(H2,20,21,24,25)/b22-8-. The number of fused-ring (bicyclic) bond motifs is 3. The number of carbonyl (C=O) groups excluding carboxylic acids is 1. The summed E-state index contributed by atoms with van der Waals surface area (Å²) in [5.41, 5.74) is 2.53. The van der Waals surface area contributed by atoms with E-state index < -0.39 is 17.7 Å². The Kier molecular flexibility index (Phi) is 4.93. The Labute approximate surface area is 150 Å². The number of carbonyl (C=O) groups is 1. The Bertz CT molecular complexity index is 1030. The molecular formula is C16H15F3N6O2. The number of hydrogen-bond donors (Lipinski definition) is 2. The minimum absolute atomic E-state index is 0.00991. The van der Waals surface area contributed by atoms with E-state index in [0.717, 1.165) is 6.07 Å². The number of anilines is 1. The summed E-state index contributed by atoms with van der Waals surface area (Å²) in [6, 6.07) is 3.78. The molecule has 0 unspecified atom stereocenters. The van der Waals surface area contributed by atoms with Gasteiger partial charge in [-0.2, -0.15) is 23.3 Å². The van der Waals surface area contributed by atoms with Gasteiger partial charge in [0.2, 0.25) is 0 Å². The van der Waals surface area contributed by atoms with Gasteiger partial charge in [0.25, 0.3) is 5.95 Å². The molecule has 8 nitrogen and oxygen atoms in total. The number of ether oxygens (including phenoxy) is 1. The fraction of sp³-hybridized carbons (Fsp3) is 0.312. The van der Waals surface area contributed by atoms with Crippen LogP contribution in [0.2, 0.25) is 0 Å². The van der Waals surface area contributed by atoms with Gasteiger partial charge in [0.05, 0.1) is 18.6 Å². The van der Waals surface area contributed by atoms with Gasteiger partial charge in [0, 0.05) is 16.6 Å². The van der Waals surface area contributed by atoms with Gasteiger partial charge in [0.15, 0.2) is 5.65 Å². The van der Waals surface area contributed by atoms with Crippen molar-refractivity contribution in [1.29, 1.82) is 0 Å². The number of alkyl halides is 3. The third-order valence-corrected chi connectivity index (χ3v) is 3.60. The number of H-pyrrole nitrogens is 1. The molecule has 0 aliphatic rings. The van der Waals surface area contributed by atoms with E-state index in [2.05, 4.69) is 30.7 Å². The van der Waals surface area contributed by atoms with Crippen molar-refractivity contribution in [2.45, 2.75) is 26.4 Å². The predicted octanol–water partition coefficient (Wildman–Crippen LogP) is 3.27. The van der Waals surface area contributed by atoms with E-state index in [-0.39, 0.29) is 41.0 Å². The molecule has 0 aliphatic carbocycles. The summed E-state index contributed by atoms with van der Waals surface area (Å²) in [5.74, 6) is -0.448. The average Bonchev–Trinajstić information content (AvgIpc) is 2.96. The highest BCUT2D eigenvalue weighted by atomic mass is 19.4. The zero-order valence-electron chi connectivity index (χ0n) is 14.4. The van der Waals surface area contributed by atoms with E-state index in [1.807, 2.05) is 0 Å². The highest BCUT2D eigenvalue weighted by molar-refractivity contribution is 6.05. The van der Waals surface area contributed by atoms with Crippen molar-refractivity contribution >= 4 is 39.7 Å². The first-order chi connectivity index (χ1) is 12.8. The lowest BCUT2D eigenvalue weighted by Gasteiger charge is -2.07. The third-order valence-electron chi connectivity index (χ3n) is 3.60. The van der Waals surface area contributed by atoms with E-state index in [4.69, 9.17) is 4.74 Å². The molecule has 0 aliphatic heterocycles. The van der Waals surface area contributed by atoms with Gasteiger partial charge >= 0.3 is 12.1 Å². The van der Waals surface area contributed by atoms with Crippen molar-refractivity contribution in [3.05, 3.63) is 23.8 Å². The highest BCUT2D eigenvalue weighted by Crippen LogP contribution is 2.37. The number of hydrazone groups is 1. The molecule has 2 N–H and O–H groups in total. The van der Waals surface area contributed by atoms with Crippen molar-refractivity contribution in [3.63, 3.8) is 0 Å². The minimum atomic E-state index is -4.53. The number of nitrogens with one attached hydrogen (secondary N) is 2. The number of hydrogen-bond acceptors (Lipinski definition) is 7. The first kappa shape index (κ1) is 18.5. The van der Waals surface area contributed by atoms with Crippen LogP contribution < -0.4 is 5.43 Å². The molecule has 0 bridgehead atoms. The Morgan fingerprint density at radius 3 is 2.81 bits per heavy atom. The largest absolute Gasteiger partial charge is 0.466 e. The van der Waals surface area contributed by atoms with Crippen molar-refractivity contribution < 1.29 is 22.7 Å². The summed E-state index contributed by atoms with van der Waals surface area (Å²) in [6.07, 6.45) is -4.54. The van der Waals surface area contributed by atoms with Gasteiger partial charge < -0.3 is 9.72 Å². The summed E-state index contributed by atoms with van der Waals surface area (Å²) in [4.78, 5) is 18.3. The first-order valence-corrected chi connectivity index (χ1v) is 7.96. The van der Waals surface area contributed by atoms with Crippen LogP contribution in [0.15, 0.2) is 23.3 Å². The van der Waals surface area contributed by atoms with Crippen LogP contribution in [0.3, 0.4) is 0 Å². The molecule has 2 aromatic heterocycles. The lowest BCUT2D eigenvalue weighted by Crippen LogP contribution is -2.10. The molecule has 0 amide bonds. The summed E-state index contributed by atoms with van der Waals surface area (Å²) in [7, 11) is 0. The first-order valence-electron chi connectivity index (χ1n) is 7.96. The number of benzene rings is 1. The molecule has 142 valence electrons. The Balaban J connectivity index is 1.90. The van der Waals surface area contributed by atoms with Gasteiger partial charge in [-0.15, -0.1) is 10.2 Å². The maximum Gasteiger partial charge on any atom is 0.417 e. The summed E-state index contributed by atoms with van der Waals surface area (Å²) < 4.78 is 44.5. The van der Waals surface area contributed by atoms with Gasteiger partial charge in [-0.25, -0.2) is 5.43 Å². The average molecular weight is 380 g/mol. The van der Waals surface area contributed by atoms with Crippen LogP contribution in [0.5, 0.6) is 0 Å². The van der Waals surface area contributed by atoms with Crippen molar-refractivity contribution in [1.82, 2.24) is 20.2 Å². The molecule has 1 aromatic carbocycles. The molecule has 2 heterocycles. The Morgan fingerprint density at radius 2 is 2.11 bits per heavy atom. The van der Waals surface area contributed by atoms with E-state index in [0.29, 0.717) is 5.71 Å². The number of rotatable bonds is 5.